The Morgan fingerprint density at radius 3 is 3.11 bits per heavy atom. The van der Waals surface area contributed by atoms with Crippen LogP contribution < -0.4 is 11.1 Å². The molecule has 0 radical (unpaired) electrons. The molecule has 2 rings (SSSR count). The number of hydrogen-bond donors (Lipinski definition) is 2. The molecule has 0 fully saturated rings. The van der Waals surface area contributed by atoms with Gasteiger partial charge in [0.1, 0.15) is 4.88 Å². The minimum atomic E-state index is -0.154. The largest absolute Gasteiger partial charge is 0.346 e. The van der Waals surface area contributed by atoms with Gasteiger partial charge in [0.15, 0.2) is 0 Å². The van der Waals surface area contributed by atoms with E-state index in [0.717, 1.165) is 22.0 Å². The van der Waals surface area contributed by atoms with Crippen molar-refractivity contribution in [3.8, 4) is 11.8 Å². The number of rotatable bonds is 3. The highest BCUT2D eigenvalue weighted by Crippen LogP contribution is 2.16. The number of hydrogen-bond acceptors (Lipinski definition) is 6. The second kappa shape index (κ2) is 6.43. The molecule has 0 aliphatic rings. The van der Waals surface area contributed by atoms with Gasteiger partial charge >= 0.3 is 0 Å². The zero-order valence-electron chi connectivity index (χ0n) is 10.3. The van der Waals surface area contributed by atoms with Crippen LogP contribution in [0.15, 0.2) is 11.4 Å². The van der Waals surface area contributed by atoms with E-state index in [1.165, 1.54) is 0 Å². The fourth-order valence-corrected chi connectivity index (χ4v) is 2.76. The van der Waals surface area contributed by atoms with Crippen LogP contribution in [0.3, 0.4) is 0 Å². The Bertz CT molecular complexity index is 635. The highest BCUT2D eigenvalue weighted by molar-refractivity contribution is 7.10. The van der Waals surface area contributed by atoms with Crippen molar-refractivity contribution >= 4 is 28.8 Å². The number of aromatic nitrogens is 2. The maximum Gasteiger partial charge on any atom is 0.265 e. The Labute approximate surface area is 119 Å². The van der Waals surface area contributed by atoms with Gasteiger partial charge in [-0.15, -0.1) is 16.4 Å². The minimum Gasteiger partial charge on any atom is -0.346 e. The average molecular weight is 292 g/mol. The fraction of sp³-hybridized carbons (Fsp3) is 0.250. The van der Waals surface area contributed by atoms with E-state index in [-0.39, 0.29) is 5.91 Å². The number of carbonyl (C=O) groups is 1. The van der Waals surface area contributed by atoms with Gasteiger partial charge in [0.05, 0.1) is 18.8 Å². The lowest BCUT2D eigenvalue weighted by molar-refractivity contribution is 0.0954. The molecule has 2 heterocycles. The monoisotopic (exact) mass is 292 g/mol. The molecule has 19 heavy (non-hydrogen) atoms. The molecule has 1 amide bonds. The molecule has 0 saturated heterocycles. The standard InChI is InChI=1S/C12H12N4OS2/c1-8-11(19-16-15-8)12(17)14-7-10-9(3-2-5-13)4-6-18-10/h4,6H,5,7,13H2,1H3,(H,14,17). The lowest BCUT2D eigenvalue weighted by Crippen LogP contribution is -2.22. The molecule has 0 aromatic carbocycles. The molecule has 98 valence electrons. The Hall–Kier alpha value is -1.75. The van der Waals surface area contributed by atoms with Crippen molar-refractivity contribution in [1.29, 1.82) is 0 Å². The smallest absolute Gasteiger partial charge is 0.265 e. The van der Waals surface area contributed by atoms with Gasteiger partial charge < -0.3 is 11.1 Å². The summed E-state index contributed by atoms with van der Waals surface area (Å²) in [6.45, 7) is 2.54. The lowest BCUT2D eigenvalue weighted by atomic mass is 10.2. The maximum atomic E-state index is 11.9. The number of carbonyl (C=O) groups excluding carboxylic acids is 1. The molecule has 5 nitrogen and oxygen atoms in total. The van der Waals surface area contributed by atoms with Gasteiger partial charge in [-0.05, 0) is 29.9 Å². The molecular weight excluding hydrogens is 280 g/mol. The van der Waals surface area contributed by atoms with E-state index in [1.54, 1.807) is 18.3 Å². The van der Waals surface area contributed by atoms with Crippen molar-refractivity contribution in [3.63, 3.8) is 0 Å². The van der Waals surface area contributed by atoms with Crippen LogP contribution in [-0.2, 0) is 6.54 Å². The first kappa shape index (κ1) is 13.7. The van der Waals surface area contributed by atoms with E-state index in [2.05, 4.69) is 26.7 Å². The highest BCUT2D eigenvalue weighted by atomic mass is 32.1. The van der Waals surface area contributed by atoms with Crippen molar-refractivity contribution in [2.45, 2.75) is 13.5 Å². The van der Waals surface area contributed by atoms with Crippen molar-refractivity contribution < 1.29 is 4.79 Å². The van der Waals surface area contributed by atoms with Crippen molar-refractivity contribution in [3.05, 3.63) is 32.5 Å². The SMILES string of the molecule is Cc1nnsc1C(=O)NCc1sccc1C#CCN. The predicted octanol–water partition coefficient (Wildman–Crippen LogP) is 1.15. The number of thiophene rings is 1. The summed E-state index contributed by atoms with van der Waals surface area (Å²) in [6, 6.07) is 1.92. The average Bonchev–Trinajstić information content (AvgIpc) is 3.02. The molecule has 0 atom stereocenters. The van der Waals surface area contributed by atoms with Crippen LogP contribution in [0.5, 0.6) is 0 Å². The number of nitrogens with zero attached hydrogens (tertiary/aromatic N) is 2. The summed E-state index contributed by atoms with van der Waals surface area (Å²) in [7, 11) is 0. The van der Waals surface area contributed by atoms with Gasteiger partial charge in [-0.3, -0.25) is 4.79 Å². The van der Waals surface area contributed by atoms with Gasteiger partial charge in [0, 0.05) is 10.4 Å². The zero-order chi connectivity index (χ0) is 13.7. The third-order valence-electron chi connectivity index (χ3n) is 2.34. The van der Waals surface area contributed by atoms with Gasteiger partial charge in [-0.25, -0.2) is 0 Å². The van der Waals surface area contributed by atoms with Gasteiger partial charge in [0.25, 0.3) is 5.91 Å². The van der Waals surface area contributed by atoms with Crippen molar-refractivity contribution in [2.75, 3.05) is 6.54 Å². The predicted molar refractivity (Wildman–Crippen MR) is 76.1 cm³/mol. The van der Waals surface area contributed by atoms with E-state index in [9.17, 15) is 4.79 Å². The minimum absolute atomic E-state index is 0.154. The molecule has 0 bridgehead atoms. The van der Waals surface area contributed by atoms with Crippen molar-refractivity contribution in [1.82, 2.24) is 14.9 Å². The van der Waals surface area contributed by atoms with Crippen LogP contribution in [0.1, 0.15) is 25.8 Å². The van der Waals surface area contributed by atoms with Crippen LogP contribution in [0.25, 0.3) is 0 Å². The number of nitrogens with two attached hydrogens (primary N) is 1. The summed E-state index contributed by atoms with van der Waals surface area (Å²) in [5, 5.41) is 8.61. The fourth-order valence-electron chi connectivity index (χ4n) is 1.42. The summed E-state index contributed by atoms with van der Waals surface area (Å²) < 4.78 is 3.74. The molecule has 2 aromatic rings. The molecule has 3 N–H and O–H groups in total. The topological polar surface area (TPSA) is 80.9 Å². The van der Waals surface area contributed by atoms with E-state index < -0.39 is 0 Å². The van der Waals surface area contributed by atoms with E-state index in [0.29, 0.717) is 23.7 Å². The first-order chi connectivity index (χ1) is 9.22. The molecule has 0 aliphatic heterocycles. The first-order valence-electron chi connectivity index (χ1n) is 5.55. The zero-order valence-corrected chi connectivity index (χ0v) is 11.9. The third kappa shape index (κ3) is 3.38. The second-order valence-electron chi connectivity index (χ2n) is 3.63. The summed E-state index contributed by atoms with van der Waals surface area (Å²) >= 11 is 2.66. The summed E-state index contributed by atoms with van der Waals surface area (Å²) in [4.78, 5) is 13.5. The third-order valence-corrected chi connectivity index (χ3v) is 4.09. The molecule has 7 heteroatoms. The molecule has 0 aliphatic carbocycles. The van der Waals surface area contributed by atoms with Crippen LogP contribution in [0.4, 0.5) is 0 Å². The molecule has 0 saturated carbocycles. The van der Waals surface area contributed by atoms with Gasteiger partial charge in [-0.2, -0.15) is 0 Å². The number of amides is 1. The van der Waals surface area contributed by atoms with Crippen LogP contribution in [0.2, 0.25) is 0 Å². The Kier molecular flexibility index (Phi) is 4.63. The normalized spacial score (nSPS) is 9.79. The van der Waals surface area contributed by atoms with Gasteiger partial charge in [0.2, 0.25) is 0 Å². The number of aryl methyl sites for hydroxylation is 1. The number of nitrogens with one attached hydrogen (secondary N) is 1. The van der Waals surface area contributed by atoms with E-state index >= 15 is 0 Å². The molecule has 0 spiro atoms. The quantitative estimate of drug-likeness (QED) is 0.832. The van der Waals surface area contributed by atoms with Crippen molar-refractivity contribution in [2.24, 2.45) is 5.73 Å². The lowest BCUT2D eigenvalue weighted by Gasteiger charge is -2.02. The summed E-state index contributed by atoms with van der Waals surface area (Å²) in [5.74, 6) is 5.64. The molecular formula is C12H12N4OS2. The summed E-state index contributed by atoms with van der Waals surface area (Å²) in [6.07, 6.45) is 0. The van der Waals surface area contributed by atoms with Crippen LogP contribution in [-0.4, -0.2) is 22.0 Å². The highest BCUT2D eigenvalue weighted by Gasteiger charge is 2.13. The van der Waals surface area contributed by atoms with Gasteiger partial charge in [-0.1, -0.05) is 16.3 Å². The van der Waals surface area contributed by atoms with E-state index in [4.69, 9.17) is 5.73 Å². The Morgan fingerprint density at radius 1 is 1.58 bits per heavy atom. The molecule has 0 unspecified atom stereocenters. The first-order valence-corrected chi connectivity index (χ1v) is 7.20. The van der Waals surface area contributed by atoms with Crippen LogP contribution >= 0.6 is 22.9 Å². The van der Waals surface area contributed by atoms with E-state index in [1.807, 2.05) is 11.4 Å². The molecule has 2 aromatic heterocycles. The van der Waals surface area contributed by atoms with Crippen LogP contribution in [0, 0.1) is 18.8 Å². The Morgan fingerprint density at radius 2 is 2.42 bits per heavy atom. The second-order valence-corrected chi connectivity index (χ2v) is 5.39. The summed E-state index contributed by atoms with van der Waals surface area (Å²) in [5.41, 5.74) is 6.91. The Balaban J connectivity index is 2.02. The maximum absolute atomic E-state index is 11.9.